The molecule has 1 aliphatic heterocycles. The Hall–Kier alpha value is -3.15. The lowest BCUT2D eigenvalue weighted by molar-refractivity contribution is -0.141. The first-order valence-corrected chi connectivity index (χ1v) is 14.5. The number of aryl methyl sites for hydroxylation is 2. The Labute approximate surface area is 237 Å². The van der Waals surface area contributed by atoms with Crippen LogP contribution in [0, 0.1) is 26.2 Å². The van der Waals surface area contributed by atoms with Crippen LogP contribution in [0.1, 0.15) is 72.4 Å². The molecule has 1 saturated heterocycles. The van der Waals surface area contributed by atoms with Gasteiger partial charge in [-0.05, 0) is 134 Å². The van der Waals surface area contributed by atoms with Crippen LogP contribution in [-0.4, -0.2) is 31.4 Å². The van der Waals surface area contributed by atoms with Crippen LogP contribution in [0.2, 0.25) is 0 Å². The van der Waals surface area contributed by atoms with Gasteiger partial charge in [0.1, 0.15) is 37.1 Å². The molecule has 5 heteroatoms. The van der Waals surface area contributed by atoms with Crippen molar-refractivity contribution in [1.29, 1.82) is 0 Å². The maximum atomic E-state index is 11.3. The number of aldehydes is 1. The van der Waals surface area contributed by atoms with Crippen LogP contribution in [0.4, 0.5) is 0 Å². The Morgan fingerprint density at radius 3 is 2.42 bits per heavy atom. The van der Waals surface area contributed by atoms with Crippen LogP contribution in [-0.2, 0) is 27.3 Å². The summed E-state index contributed by atoms with van der Waals surface area (Å²) in [6, 6.07) is 17.2. The Bertz CT molecular complexity index is 1410. The van der Waals surface area contributed by atoms with E-state index in [1.807, 2.05) is 13.8 Å². The lowest BCUT2D eigenvalue weighted by atomic mass is 9.87. The van der Waals surface area contributed by atoms with E-state index in [9.17, 15) is 4.79 Å². The Morgan fingerprint density at radius 1 is 0.975 bits per heavy atom. The third kappa shape index (κ3) is 5.17. The van der Waals surface area contributed by atoms with Gasteiger partial charge in [0.15, 0.2) is 5.79 Å². The first-order valence-electron chi connectivity index (χ1n) is 14.5. The molecule has 5 nitrogen and oxygen atoms in total. The van der Waals surface area contributed by atoms with Crippen LogP contribution in [0.15, 0.2) is 48.5 Å². The van der Waals surface area contributed by atoms with Gasteiger partial charge in [0, 0.05) is 6.42 Å². The van der Waals surface area contributed by atoms with Gasteiger partial charge >= 0.3 is 0 Å². The van der Waals surface area contributed by atoms with Crippen LogP contribution in [0.3, 0.4) is 0 Å². The van der Waals surface area contributed by atoms with E-state index < -0.39 is 5.79 Å². The molecule has 1 heterocycles. The average Bonchev–Trinajstić information content (AvgIpc) is 3.50. The number of hydrogen-bond acceptors (Lipinski definition) is 5. The second-order valence-electron chi connectivity index (χ2n) is 12.4. The monoisotopic (exact) mass is 540 g/mol. The van der Waals surface area contributed by atoms with Gasteiger partial charge in [-0.3, -0.25) is 0 Å². The molecule has 1 unspecified atom stereocenters. The van der Waals surface area contributed by atoms with Crippen molar-refractivity contribution in [3.05, 3.63) is 81.9 Å². The van der Waals surface area contributed by atoms with E-state index >= 15 is 0 Å². The van der Waals surface area contributed by atoms with Crippen molar-refractivity contribution in [2.75, 3.05) is 13.2 Å². The minimum absolute atomic E-state index is 0.0625. The molecule has 2 fully saturated rings. The summed E-state index contributed by atoms with van der Waals surface area (Å²) in [6.07, 6.45) is 5.20. The van der Waals surface area contributed by atoms with Crippen LogP contribution >= 0.6 is 0 Å². The van der Waals surface area contributed by atoms with E-state index in [2.05, 4.69) is 69.3 Å². The van der Waals surface area contributed by atoms with Gasteiger partial charge in [0.2, 0.25) is 0 Å². The van der Waals surface area contributed by atoms with E-state index in [4.69, 9.17) is 18.9 Å². The highest BCUT2D eigenvalue weighted by Crippen LogP contribution is 2.64. The van der Waals surface area contributed by atoms with Gasteiger partial charge in [-0.25, -0.2) is 0 Å². The summed E-state index contributed by atoms with van der Waals surface area (Å²) in [5, 5.41) is 0. The van der Waals surface area contributed by atoms with Gasteiger partial charge in [0.05, 0.1) is 6.61 Å². The zero-order valence-electron chi connectivity index (χ0n) is 24.3. The predicted molar refractivity (Wildman–Crippen MR) is 156 cm³/mol. The molecule has 2 atom stereocenters. The summed E-state index contributed by atoms with van der Waals surface area (Å²) in [6.45, 7) is 11.9. The second-order valence-corrected chi connectivity index (χ2v) is 12.4. The Kier molecular flexibility index (Phi) is 7.00. The largest absolute Gasteiger partial charge is 0.491 e. The number of hydrogen-bond donors (Lipinski definition) is 0. The van der Waals surface area contributed by atoms with E-state index in [0.29, 0.717) is 37.6 Å². The van der Waals surface area contributed by atoms with Crippen LogP contribution in [0.5, 0.6) is 11.5 Å². The molecule has 40 heavy (non-hydrogen) atoms. The zero-order chi connectivity index (χ0) is 28.1. The molecule has 3 aliphatic rings. The SMILES string of the molecule is Cc1cc(OC[C@H]2COC(C)(C)O2)cc(C)c1-c1cccc(COc2ccc3c(c2)CC2(CC2)C3CC=O)c1C. The highest BCUT2D eigenvalue weighted by Gasteiger charge is 2.53. The minimum atomic E-state index is -0.546. The summed E-state index contributed by atoms with van der Waals surface area (Å²) in [4.78, 5) is 11.3. The van der Waals surface area contributed by atoms with Crippen molar-refractivity contribution in [1.82, 2.24) is 0 Å². The third-order valence-corrected chi connectivity index (χ3v) is 9.11. The maximum absolute atomic E-state index is 11.3. The fraction of sp³-hybridized carbons (Fsp3) is 0.457. The molecule has 0 aromatic heterocycles. The molecule has 6 rings (SSSR count). The fourth-order valence-corrected chi connectivity index (χ4v) is 6.89. The average molecular weight is 541 g/mol. The van der Waals surface area contributed by atoms with Gasteiger partial charge in [-0.15, -0.1) is 0 Å². The highest BCUT2D eigenvalue weighted by molar-refractivity contribution is 5.75. The summed E-state index contributed by atoms with van der Waals surface area (Å²) in [7, 11) is 0. The first-order chi connectivity index (χ1) is 19.2. The second kappa shape index (κ2) is 10.4. The topological polar surface area (TPSA) is 54.0 Å². The first kappa shape index (κ1) is 27.0. The number of fused-ring (bicyclic) bond motifs is 1. The summed E-state index contributed by atoms with van der Waals surface area (Å²) >= 11 is 0. The number of rotatable bonds is 9. The van der Waals surface area contributed by atoms with Gasteiger partial charge < -0.3 is 23.7 Å². The molecule has 0 radical (unpaired) electrons. The molecule has 0 amide bonds. The number of carbonyl (C=O) groups is 1. The van der Waals surface area contributed by atoms with Crippen molar-refractivity contribution in [3.63, 3.8) is 0 Å². The predicted octanol–water partition coefficient (Wildman–Crippen LogP) is 7.40. The zero-order valence-corrected chi connectivity index (χ0v) is 24.3. The van der Waals surface area contributed by atoms with Crippen LogP contribution < -0.4 is 9.47 Å². The van der Waals surface area contributed by atoms with E-state index in [0.717, 1.165) is 24.2 Å². The quantitative estimate of drug-likeness (QED) is 0.265. The third-order valence-electron chi connectivity index (χ3n) is 9.11. The van der Waals surface area contributed by atoms with Gasteiger partial charge in [0.25, 0.3) is 0 Å². The van der Waals surface area contributed by atoms with Crippen molar-refractivity contribution >= 4 is 6.29 Å². The molecular weight excluding hydrogens is 500 g/mol. The molecular formula is C35H40O5. The van der Waals surface area contributed by atoms with E-state index in [1.165, 1.54) is 57.3 Å². The smallest absolute Gasteiger partial charge is 0.163 e. The summed E-state index contributed by atoms with van der Waals surface area (Å²) < 4.78 is 24.0. The molecule has 210 valence electrons. The van der Waals surface area contributed by atoms with Crippen molar-refractivity contribution in [3.8, 4) is 22.6 Å². The maximum Gasteiger partial charge on any atom is 0.163 e. The van der Waals surface area contributed by atoms with Crippen molar-refractivity contribution < 1.29 is 23.7 Å². The lowest BCUT2D eigenvalue weighted by Gasteiger charge is -2.19. The number of carbonyl (C=O) groups excluding carboxylic acids is 1. The van der Waals surface area contributed by atoms with Gasteiger partial charge in [-0.1, -0.05) is 24.3 Å². The molecule has 0 N–H and O–H groups in total. The Balaban J connectivity index is 1.16. The fourth-order valence-electron chi connectivity index (χ4n) is 6.89. The minimum Gasteiger partial charge on any atom is -0.491 e. The van der Waals surface area contributed by atoms with E-state index in [1.54, 1.807) is 0 Å². The molecule has 0 bridgehead atoms. The highest BCUT2D eigenvalue weighted by atomic mass is 16.7. The van der Waals surface area contributed by atoms with E-state index in [-0.39, 0.29) is 6.10 Å². The van der Waals surface area contributed by atoms with Crippen LogP contribution in [0.25, 0.3) is 11.1 Å². The summed E-state index contributed by atoms with van der Waals surface area (Å²) in [5.41, 5.74) is 10.3. The van der Waals surface area contributed by atoms with Gasteiger partial charge in [-0.2, -0.15) is 0 Å². The molecule has 1 saturated carbocycles. The number of benzene rings is 3. The normalized spacial score (nSPS) is 21.8. The molecule has 3 aromatic rings. The molecule has 2 aliphatic carbocycles. The molecule has 1 spiro atoms. The number of ether oxygens (including phenoxy) is 4. The summed E-state index contributed by atoms with van der Waals surface area (Å²) in [5.74, 6) is 1.59. The van der Waals surface area contributed by atoms with Crippen molar-refractivity contribution in [2.24, 2.45) is 5.41 Å². The lowest BCUT2D eigenvalue weighted by Crippen LogP contribution is -2.25. The van der Waals surface area contributed by atoms with Crippen molar-refractivity contribution in [2.45, 2.75) is 84.7 Å². The Morgan fingerprint density at radius 2 is 1.75 bits per heavy atom. The standard InChI is InChI=1S/C35H40O5/c1-22-15-28(38-20-29-21-39-34(4,5)40-29)16-23(2)33(22)30-8-6-7-25(24(30)3)19-37-27-9-10-31-26(17-27)18-35(12-13-35)32(31)11-14-36/h6-10,14-17,29,32H,11-13,18-21H2,1-5H3/t29-,32?/m0/s1. The molecule has 3 aromatic carbocycles.